The van der Waals surface area contributed by atoms with E-state index in [1.54, 1.807) is 35.8 Å². The molecule has 120 valence electrons. The highest BCUT2D eigenvalue weighted by atomic mass is 32.2. The maximum Gasteiger partial charge on any atom is 0.359 e. The molecule has 1 aromatic carbocycles. The van der Waals surface area contributed by atoms with Gasteiger partial charge in [-0.05, 0) is 25.1 Å². The lowest BCUT2D eigenvalue weighted by Gasteiger charge is -2.18. The monoisotopic (exact) mass is 337 g/mol. The first kappa shape index (κ1) is 15.0. The molecule has 0 amide bonds. The number of hydrogen-bond acceptors (Lipinski definition) is 5. The molecule has 0 spiro atoms. The number of nitrogens with zero attached hydrogens (tertiary/aromatic N) is 3. The van der Waals surface area contributed by atoms with Gasteiger partial charge in [-0.2, -0.15) is 5.10 Å². The average Bonchev–Trinajstić information content (AvgIpc) is 3.03. The van der Waals surface area contributed by atoms with Crippen LogP contribution in [0.1, 0.15) is 23.0 Å². The summed E-state index contributed by atoms with van der Waals surface area (Å²) in [5, 5.41) is 4.57. The largest absolute Gasteiger partial charge is 0.461 e. The molecule has 0 saturated carbocycles. The summed E-state index contributed by atoms with van der Waals surface area (Å²) in [5.41, 5.74) is 4.15. The van der Waals surface area contributed by atoms with Gasteiger partial charge in [-0.1, -0.05) is 18.2 Å². The number of benzene rings is 1. The third-order valence-corrected chi connectivity index (χ3v) is 4.96. The number of rotatable bonds is 3. The van der Waals surface area contributed by atoms with E-state index in [0.29, 0.717) is 18.1 Å². The van der Waals surface area contributed by atoms with Crippen molar-refractivity contribution in [2.75, 3.05) is 6.61 Å². The molecule has 3 heterocycles. The average molecular weight is 337 g/mol. The van der Waals surface area contributed by atoms with Gasteiger partial charge < -0.3 is 4.74 Å². The summed E-state index contributed by atoms with van der Waals surface area (Å²) in [6.45, 7) is 2.13. The Morgan fingerprint density at radius 2 is 2.17 bits per heavy atom. The van der Waals surface area contributed by atoms with E-state index in [9.17, 15) is 4.79 Å². The van der Waals surface area contributed by atoms with Crippen LogP contribution in [0.5, 0.6) is 0 Å². The van der Waals surface area contributed by atoms with E-state index in [4.69, 9.17) is 4.74 Å². The Balaban J connectivity index is 1.97. The minimum Gasteiger partial charge on any atom is -0.461 e. The van der Waals surface area contributed by atoms with Gasteiger partial charge >= 0.3 is 5.97 Å². The summed E-state index contributed by atoms with van der Waals surface area (Å²) in [5.74, 6) is 0.317. The molecule has 3 aromatic rings. The maximum atomic E-state index is 12.4. The van der Waals surface area contributed by atoms with Crippen LogP contribution in [0.15, 0.2) is 53.7 Å². The smallest absolute Gasteiger partial charge is 0.359 e. The zero-order valence-corrected chi connectivity index (χ0v) is 13.9. The Morgan fingerprint density at radius 3 is 2.96 bits per heavy atom. The fourth-order valence-electron chi connectivity index (χ4n) is 2.83. The van der Waals surface area contributed by atoms with E-state index in [1.807, 2.05) is 24.3 Å². The van der Waals surface area contributed by atoms with Crippen LogP contribution in [0.3, 0.4) is 0 Å². The first-order valence-electron chi connectivity index (χ1n) is 7.71. The Bertz CT molecular complexity index is 906. The summed E-state index contributed by atoms with van der Waals surface area (Å²) in [6, 6.07) is 12.0. The van der Waals surface area contributed by atoms with Crippen molar-refractivity contribution >= 4 is 17.7 Å². The number of carbonyl (C=O) groups is 1. The molecule has 0 fully saturated rings. The topological polar surface area (TPSA) is 57.0 Å². The van der Waals surface area contributed by atoms with Gasteiger partial charge in [0, 0.05) is 28.0 Å². The summed E-state index contributed by atoms with van der Waals surface area (Å²) in [4.78, 5) is 17.7. The van der Waals surface area contributed by atoms with Crippen molar-refractivity contribution in [3.05, 3.63) is 60.0 Å². The summed E-state index contributed by atoms with van der Waals surface area (Å²) in [6.07, 6.45) is 3.46. The Kier molecular flexibility index (Phi) is 3.82. The quantitative estimate of drug-likeness (QED) is 0.682. The second kappa shape index (κ2) is 6.13. The number of aromatic nitrogens is 3. The van der Waals surface area contributed by atoms with Crippen LogP contribution in [-0.2, 0) is 10.5 Å². The SMILES string of the molecule is CCOC(=O)c1nn(-c2cccnc2)c2c1CSc1ccccc1-2. The molecule has 2 aromatic heterocycles. The van der Waals surface area contributed by atoms with Gasteiger partial charge in [0.1, 0.15) is 0 Å². The third kappa shape index (κ3) is 2.39. The van der Waals surface area contributed by atoms with Crippen LogP contribution in [-0.4, -0.2) is 27.3 Å². The lowest BCUT2D eigenvalue weighted by molar-refractivity contribution is 0.0518. The van der Waals surface area contributed by atoms with Crippen LogP contribution in [0, 0.1) is 0 Å². The molecule has 1 aliphatic rings. The predicted octanol–water partition coefficient (Wildman–Crippen LogP) is 3.72. The van der Waals surface area contributed by atoms with Crippen molar-refractivity contribution < 1.29 is 9.53 Å². The van der Waals surface area contributed by atoms with Crippen LogP contribution < -0.4 is 0 Å². The molecule has 0 bridgehead atoms. The number of hydrogen-bond donors (Lipinski definition) is 0. The number of ether oxygens (including phenoxy) is 1. The van der Waals surface area contributed by atoms with Crippen molar-refractivity contribution in [3.63, 3.8) is 0 Å². The van der Waals surface area contributed by atoms with Crippen LogP contribution in [0.2, 0.25) is 0 Å². The fraction of sp³-hybridized carbons (Fsp3) is 0.167. The Hall–Kier alpha value is -2.60. The molecule has 1 aliphatic heterocycles. The second-order valence-corrected chi connectivity index (χ2v) is 6.32. The number of esters is 1. The highest BCUT2D eigenvalue weighted by Gasteiger charge is 2.29. The molecule has 0 N–H and O–H groups in total. The van der Waals surface area contributed by atoms with Gasteiger partial charge in [0.2, 0.25) is 0 Å². The highest BCUT2D eigenvalue weighted by Crippen LogP contribution is 2.43. The van der Waals surface area contributed by atoms with E-state index in [1.165, 1.54) is 4.90 Å². The van der Waals surface area contributed by atoms with Gasteiger partial charge in [-0.15, -0.1) is 11.8 Å². The lowest BCUT2D eigenvalue weighted by atomic mass is 10.1. The second-order valence-electron chi connectivity index (χ2n) is 5.30. The minimum atomic E-state index is -0.378. The zero-order valence-electron chi connectivity index (χ0n) is 13.1. The molecular formula is C18H15N3O2S. The maximum absolute atomic E-state index is 12.4. The van der Waals surface area contributed by atoms with Gasteiger partial charge in [0.05, 0.1) is 24.2 Å². The first-order chi connectivity index (χ1) is 11.8. The van der Waals surface area contributed by atoms with Crippen molar-refractivity contribution in [2.24, 2.45) is 0 Å². The molecule has 5 nitrogen and oxygen atoms in total. The molecular weight excluding hydrogens is 322 g/mol. The van der Waals surface area contributed by atoms with Gasteiger partial charge in [0.15, 0.2) is 5.69 Å². The molecule has 0 aliphatic carbocycles. The molecule has 0 radical (unpaired) electrons. The molecule has 0 saturated heterocycles. The molecule has 4 rings (SSSR count). The number of carbonyl (C=O) groups excluding carboxylic acids is 1. The first-order valence-corrected chi connectivity index (χ1v) is 8.69. The van der Waals surface area contributed by atoms with Gasteiger partial charge in [0.25, 0.3) is 0 Å². The van der Waals surface area contributed by atoms with E-state index in [0.717, 1.165) is 22.5 Å². The van der Waals surface area contributed by atoms with Crippen LogP contribution in [0.25, 0.3) is 16.9 Å². The van der Waals surface area contributed by atoms with Crippen molar-refractivity contribution in [1.29, 1.82) is 0 Å². The van der Waals surface area contributed by atoms with Crippen LogP contribution in [0.4, 0.5) is 0 Å². The van der Waals surface area contributed by atoms with Crippen molar-refractivity contribution in [1.82, 2.24) is 14.8 Å². The predicted molar refractivity (Wildman–Crippen MR) is 92.3 cm³/mol. The Morgan fingerprint density at radius 1 is 1.29 bits per heavy atom. The third-order valence-electron chi connectivity index (χ3n) is 3.86. The number of thioether (sulfide) groups is 1. The van der Waals surface area contributed by atoms with E-state index in [-0.39, 0.29) is 5.97 Å². The standard InChI is InChI=1S/C18H15N3O2S/c1-2-23-18(22)16-14-11-24-15-8-4-3-7-13(15)17(14)21(20-16)12-6-5-9-19-10-12/h3-10H,2,11H2,1H3. The van der Waals surface area contributed by atoms with E-state index >= 15 is 0 Å². The normalized spacial score (nSPS) is 12.4. The lowest BCUT2D eigenvalue weighted by Crippen LogP contribution is -2.08. The fourth-order valence-corrected chi connectivity index (χ4v) is 3.90. The summed E-state index contributed by atoms with van der Waals surface area (Å²) >= 11 is 1.71. The van der Waals surface area contributed by atoms with Crippen LogP contribution >= 0.6 is 11.8 Å². The zero-order chi connectivity index (χ0) is 16.5. The molecule has 6 heteroatoms. The summed E-state index contributed by atoms with van der Waals surface area (Å²) in [7, 11) is 0. The highest BCUT2D eigenvalue weighted by molar-refractivity contribution is 7.98. The van der Waals surface area contributed by atoms with Crippen molar-refractivity contribution in [3.8, 4) is 16.9 Å². The number of pyridine rings is 1. The molecule has 0 atom stereocenters. The Labute approximate surface area is 143 Å². The van der Waals surface area contributed by atoms with Crippen molar-refractivity contribution in [2.45, 2.75) is 17.6 Å². The molecule has 24 heavy (non-hydrogen) atoms. The number of fused-ring (bicyclic) bond motifs is 3. The summed E-state index contributed by atoms with van der Waals surface area (Å²) < 4.78 is 6.99. The van der Waals surface area contributed by atoms with Gasteiger partial charge in [-0.25, -0.2) is 9.48 Å². The minimum absolute atomic E-state index is 0.330. The van der Waals surface area contributed by atoms with Gasteiger partial charge in [-0.3, -0.25) is 4.98 Å². The molecule has 0 unspecified atom stereocenters. The van der Waals surface area contributed by atoms with E-state index < -0.39 is 0 Å². The van der Waals surface area contributed by atoms with E-state index in [2.05, 4.69) is 22.2 Å².